The summed E-state index contributed by atoms with van der Waals surface area (Å²) in [5.74, 6) is 0. The highest BCUT2D eigenvalue weighted by Gasteiger charge is 2.19. The van der Waals surface area contributed by atoms with E-state index < -0.39 is 0 Å². The molecule has 0 aliphatic rings. The van der Waals surface area contributed by atoms with Crippen molar-refractivity contribution < 1.29 is 0 Å². The van der Waals surface area contributed by atoms with Gasteiger partial charge in [-0.1, -0.05) is 52.8 Å². The van der Waals surface area contributed by atoms with Crippen molar-refractivity contribution in [1.29, 1.82) is 0 Å². The number of alkyl halides is 2. The van der Waals surface area contributed by atoms with Gasteiger partial charge in [0.05, 0.1) is 10.8 Å². The highest BCUT2D eigenvalue weighted by atomic mass is 35.5. The van der Waals surface area contributed by atoms with E-state index >= 15 is 0 Å². The van der Waals surface area contributed by atoms with E-state index in [1.165, 1.54) is 16.7 Å². The minimum absolute atomic E-state index is 0.0757. The summed E-state index contributed by atoms with van der Waals surface area (Å²) < 4.78 is 0. The molecule has 2 atom stereocenters. The third-order valence-electron chi connectivity index (χ3n) is 3.28. The van der Waals surface area contributed by atoms with Crippen molar-refractivity contribution in [3.63, 3.8) is 0 Å². The molecule has 0 heterocycles. The van der Waals surface area contributed by atoms with Crippen LogP contribution in [0.1, 0.15) is 74.9 Å². The molecule has 0 fully saturated rings. The Morgan fingerprint density at radius 1 is 0.889 bits per heavy atom. The molecule has 1 aromatic carbocycles. The van der Waals surface area contributed by atoms with Gasteiger partial charge in [0.1, 0.15) is 0 Å². The van der Waals surface area contributed by atoms with E-state index in [4.69, 9.17) is 23.2 Å². The minimum atomic E-state index is 0.0757. The number of rotatable bonds is 4. The van der Waals surface area contributed by atoms with Crippen LogP contribution in [-0.4, -0.2) is 0 Å². The van der Waals surface area contributed by atoms with Gasteiger partial charge in [0, 0.05) is 0 Å². The second-order valence-electron chi connectivity index (χ2n) is 5.89. The Kier molecular flexibility index (Phi) is 5.55. The molecule has 1 rings (SSSR count). The second kappa shape index (κ2) is 6.30. The van der Waals surface area contributed by atoms with Crippen LogP contribution < -0.4 is 0 Å². The molecule has 18 heavy (non-hydrogen) atoms. The van der Waals surface area contributed by atoms with Crippen LogP contribution in [0, 0.1) is 0 Å². The molecule has 0 radical (unpaired) electrons. The average Bonchev–Trinajstić information content (AvgIpc) is 2.35. The zero-order valence-corrected chi connectivity index (χ0v) is 13.6. The van der Waals surface area contributed by atoms with Crippen LogP contribution in [0.5, 0.6) is 0 Å². The molecular weight excluding hydrogens is 263 g/mol. The maximum atomic E-state index is 6.39. The Morgan fingerprint density at radius 2 is 1.28 bits per heavy atom. The predicted octanol–water partition coefficient (Wildman–Crippen LogP) is 6.36. The first kappa shape index (κ1) is 15.9. The molecule has 102 valence electrons. The first-order valence-electron chi connectivity index (χ1n) is 6.73. The number of hydrogen-bond acceptors (Lipinski definition) is 0. The normalized spacial score (nSPS) is 15.5. The molecule has 0 spiro atoms. The molecule has 0 N–H and O–H groups in total. The average molecular weight is 287 g/mol. The van der Waals surface area contributed by atoms with Gasteiger partial charge in [-0.05, 0) is 34.9 Å². The van der Waals surface area contributed by atoms with Gasteiger partial charge in [0.15, 0.2) is 0 Å². The fraction of sp³-hybridized carbons (Fsp3) is 0.625. The molecule has 0 aromatic heterocycles. The maximum Gasteiger partial charge on any atom is 0.0582 e. The Labute approximate surface area is 122 Å². The largest absolute Gasteiger partial charge is 0.118 e. The van der Waals surface area contributed by atoms with Crippen LogP contribution in [0.15, 0.2) is 18.2 Å². The standard InChI is InChI=1S/C16H24Cl2/c1-6-14(17)11-8-12(15(18)7-2)10-13(9-11)16(3,4)5/h8-10,14-15H,6-7H2,1-5H3. The summed E-state index contributed by atoms with van der Waals surface area (Å²) in [5.41, 5.74) is 3.83. The van der Waals surface area contributed by atoms with Gasteiger partial charge in [-0.15, -0.1) is 23.2 Å². The van der Waals surface area contributed by atoms with Crippen LogP contribution in [0.3, 0.4) is 0 Å². The molecule has 0 saturated heterocycles. The summed E-state index contributed by atoms with van der Waals surface area (Å²) in [5, 5.41) is 0.151. The molecule has 2 heteroatoms. The van der Waals surface area contributed by atoms with Gasteiger partial charge in [-0.2, -0.15) is 0 Å². The monoisotopic (exact) mass is 286 g/mol. The van der Waals surface area contributed by atoms with E-state index in [0.717, 1.165) is 12.8 Å². The summed E-state index contributed by atoms with van der Waals surface area (Å²) in [4.78, 5) is 0. The predicted molar refractivity (Wildman–Crippen MR) is 82.9 cm³/mol. The number of hydrogen-bond donors (Lipinski definition) is 0. The van der Waals surface area contributed by atoms with Crippen molar-refractivity contribution in [3.8, 4) is 0 Å². The van der Waals surface area contributed by atoms with Crippen LogP contribution >= 0.6 is 23.2 Å². The smallest absolute Gasteiger partial charge is 0.0582 e. The Hall–Kier alpha value is -0.200. The van der Waals surface area contributed by atoms with E-state index in [1.54, 1.807) is 0 Å². The first-order valence-corrected chi connectivity index (χ1v) is 7.60. The van der Waals surface area contributed by atoms with Crippen molar-refractivity contribution in [2.24, 2.45) is 0 Å². The summed E-state index contributed by atoms with van der Waals surface area (Å²) in [7, 11) is 0. The van der Waals surface area contributed by atoms with E-state index in [-0.39, 0.29) is 16.2 Å². The highest BCUT2D eigenvalue weighted by molar-refractivity contribution is 6.21. The molecular formula is C16H24Cl2. The van der Waals surface area contributed by atoms with E-state index in [2.05, 4.69) is 52.8 Å². The molecule has 0 amide bonds. The van der Waals surface area contributed by atoms with E-state index in [1.807, 2.05) is 0 Å². The summed E-state index contributed by atoms with van der Waals surface area (Å²) in [6, 6.07) is 6.62. The van der Waals surface area contributed by atoms with Gasteiger partial charge >= 0.3 is 0 Å². The third-order valence-corrected chi connectivity index (χ3v) is 4.41. The van der Waals surface area contributed by atoms with Crippen LogP contribution in [-0.2, 0) is 5.41 Å². The van der Waals surface area contributed by atoms with Gasteiger partial charge < -0.3 is 0 Å². The van der Waals surface area contributed by atoms with Crippen LogP contribution in [0.25, 0.3) is 0 Å². The molecule has 0 aliphatic carbocycles. The Bertz CT molecular complexity index is 362. The van der Waals surface area contributed by atoms with Crippen molar-refractivity contribution in [3.05, 3.63) is 34.9 Å². The lowest BCUT2D eigenvalue weighted by Crippen LogP contribution is -2.12. The lowest BCUT2D eigenvalue weighted by atomic mass is 9.84. The fourth-order valence-electron chi connectivity index (χ4n) is 1.94. The molecule has 0 aliphatic heterocycles. The summed E-state index contributed by atoms with van der Waals surface area (Å²) >= 11 is 12.8. The summed E-state index contributed by atoms with van der Waals surface area (Å²) in [6.45, 7) is 10.9. The van der Waals surface area contributed by atoms with Crippen LogP contribution in [0.4, 0.5) is 0 Å². The topological polar surface area (TPSA) is 0 Å². The zero-order chi connectivity index (χ0) is 13.9. The lowest BCUT2D eigenvalue weighted by Gasteiger charge is -2.23. The van der Waals surface area contributed by atoms with Gasteiger partial charge in [-0.25, -0.2) is 0 Å². The minimum Gasteiger partial charge on any atom is -0.118 e. The Morgan fingerprint density at radius 3 is 1.56 bits per heavy atom. The van der Waals surface area contributed by atoms with Crippen molar-refractivity contribution in [2.75, 3.05) is 0 Å². The molecule has 1 aromatic rings. The van der Waals surface area contributed by atoms with Gasteiger partial charge in [0.2, 0.25) is 0 Å². The molecule has 0 saturated carbocycles. The third kappa shape index (κ3) is 3.90. The van der Waals surface area contributed by atoms with Crippen molar-refractivity contribution >= 4 is 23.2 Å². The summed E-state index contributed by atoms with van der Waals surface area (Å²) in [6.07, 6.45) is 1.88. The molecule has 2 unspecified atom stereocenters. The van der Waals surface area contributed by atoms with E-state index in [0.29, 0.717) is 0 Å². The second-order valence-corrected chi connectivity index (χ2v) is 6.94. The Balaban J connectivity index is 3.29. The van der Waals surface area contributed by atoms with Crippen molar-refractivity contribution in [1.82, 2.24) is 0 Å². The highest BCUT2D eigenvalue weighted by Crippen LogP contribution is 2.34. The number of halogens is 2. The lowest BCUT2D eigenvalue weighted by molar-refractivity contribution is 0.587. The van der Waals surface area contributed by atoms with E-state index in [9.17, 15) is 0 Å². The SMILES string of the molecule is CCC(Cl)c1cc(C(Cl)CC)cc(C(C)(C)C)c1. The first-order chi connectivity index (χ1) is 8.29. The van der Waals surface area contributed by atoms with Gasteiger partial charge in [0.25, 0.3) is 0 Å². The molecule has 0 nitrogen and oxygen atoms in total. The van der Waals surface area contributed by atoms with Crippen LogP contribution in [0.2, 0.25) is 0 Å². The quantitative estimate of drug-likeness (QED) is 0.565. The van der Waals surface area contributed by atoms with Gasteiger partial charge in [-0.3, -0.25) is 0 Å². The maximum absolute atomic E-state index is 6.39. The molecule has 0 bridgehead atoms. The fourth-order valence-corrected chi connectivity index (χ4v) is 2.19. The zero-order valence-electron chi connectivity index (χ0n) is 12.1. The number of benzene rings is 1. The van der Waals surface area contributed by atoms with Crippen molar-refractivity contribution in [2.45, 2.75) is 63.6 Å².